The van der Waals surface area contributed by atoms with Crippen LogP contribution < -0.4 is 0 Å². The summed E-state index contributed by atoms with van der Waals surface area (Å²) in [5.41, 5.74) is 1.34. The molecule has 116 valence electrons. The number of hydrogen-bond donors (Lipinski definition) is 0. The molecular weight excluding hydrogens is 299 g/mol. The van der Waals surface area contributed by atoms with Gasteiger partial charge in [-0.15, -0.1) is 0 Å². The molecule has 1 unspecified atom stereocenters. The summed E-state index contributed by atoms with van der Waals surface area (Å²) in [6.07, 6.45) is 1.66. The van der Waals surface area contributed by atoms with Gasteiger partial charge in [0, 0.05) is 24.6 Å². The summed E-state index contributed by atoms with van der Waals surface area (Å²) in [5, 5.41) is 0. The predicted molar refractivity (Wildman–Crippen MR) is 88.7 cm³/mol. The van der Waals surface area contributed by atoms with Crippen molar-refractivity contribution in [2.75, 3.05) is 13.6 Å². The zero-order valence-corrected chi connectivity index (χ0v) is 13.7. The minimum absolute atomic E-state index is 0.187. The Morgan fingerprint density at radius 1 is 1.27 bits per heavy atom. The molecule has 0 aromatic heterocycles. The van der Waals surface area contributed by atoms with Crippen LogP contribution in [0.15, 0.2) is 57.2 Å². The lowest BCUT2D eigenvalue weighted by Crippen LogP contribution is -2.14. The topological polar surface area (TPSA) is 32.7 Å². The third-order valence-corrected chi connectivity index (χ3v) is 4.71. The summed E-state index contributed by atoms with van der Waals surface area (Å²) in [5.74, 6) is -0.501. The lowest BCUT2D eigenvalue weighted by Gasteiger charge is -2.10. The maximum absolute atomic E-state index is 14.3. The molecule has 0 heterocycles. The van der Waals surface area contributed by atoms with E-state index in [2.05, 4.69) is 4.99 Å². The molecule has 0 spiro atoms. The first kappa shape index (κ1) is 16.4. The molecule has 0 aliphatic carbocycles. The van der Waals surface area contributed by atoms with Crippen molar-refractivity contribution in [3.63, 3.8) is 0 Å². The fourth-order valence-corrected chi connectivity index (χ4v) is 3.02. The Kier molecular flexibility index (Phi) is 5.44. The van der Waals surface area contributed by atoms with Gasteiger partial charge >= 0.3 is 0 Å². The summed E-state index contributed by atoms with van der Waals surface area (Å²) < 4.78 is 26.8. The van der Waals surface area contributed by atoms with Gasteiger partial charge in [0.05, 0.1) is 27.7 Å². The van der Waals surface area contributed by atoms with Gasteiger partial charge in [-0.05, 0) is 37.6 Å². The summed E-state index contributed by atoms with van der Waals surface area (Å²) >= 11 is 0. The minimum Gasteiger partial charge on any atom is -0.366 e. The van der Waals surface area contributed by atoms with Crippen LogP contribution in [0, 0.1) is 12.7 Å². The molecule has 2 aromatic rings. The van der Waals surface area contributed by atoms with Crippen LogP contribution in [-0.4, -0.2) is 29.0 Å². The first-order valence-electron chi connectivity index (χ1n) is 7.04. The van der Waals surface area contributed by atoms with Crippen molar-refractivity contribution in [2.24, 2.45) is 4.99 Å². The van der Waals surface area contributed by atoms with Crippen LogP contribution in [0.4, 0.5) is 10.1 Å². The molecule has 0 bridgehead atoms. The van der Waals surface area contributed by atoms with Crippen molar-refractivity contribution in [3.8, 4) is 0 Å². The van der Waals surface area contributed by atoms with Crippen LogP contribution in [0.5, 0.6) is 0 Å². The fraction of sp³-hybridized carbons (Fsp3) is 0.235. The normalized spacial score (nSPS) is 12.5. The van der Waals surface area contributed by atoms with Crippen molar-refractivity contribution in [1.29, 1.82) is 0 Å². The molecule has 0 N–H and O–H groups in total. The summed E-state index contributed by atoms with van der Waals surface area (Å²) in [6, 6.07) is 11.8. The van der Waals surface area contributed by atoms with Gasteiger partial charge in [0.2, 0.25) is 0 Å². The lowest BCUT2D eigenvalue weighted by molar-refractivity contribution is 0.551. The zero-order chi connectivity index (χ0) is 16.1. The van der Waals surface area contributed by atoms with E-state index in [-0.39, 0.29) is 4.90 Å². The van der Waals surface area contributed by atoms with Crippen LogP contribution in [0.25, 0.3) is 0 Å². The fourth-order valence-electron chi connectivity index (χ4n) is 1.84. The molecule has 0 aliphatic rings. The Morgan fingerprint density at radius 2 is 1.95 bits per heavy atom. The van der Waals surface area contributed by atoms with Gasteiger partial charge in [0.15, 0.2) is 0 Å². The summed E-state index contributed by atoms with van der Waals surface area (Å²) in [6.45, 7) is 4.66. The van der Waals surface area contributed by atoms with Crippen LogP contribution in [-0.2, 0) is 10.8 Å². The number of aryl methyl sites for hydroxylation is 1. The Labute approximate surface area is 133 Å². The predicted octanol–water partition coefficient (Wildman–Crippen LogP) is 3.91. The largest absolute Gasteiger partial charge is 0.366 e. The molecule has 2 aromatic carbocycles. The monoisotopic (exact) mass is 318 g/mol. The van der Waals surface area contributed by atoms with Gasteiger partial charge in [0.25, 0.3) is 0 Å². The zero-order valence-electron chi connectivity index (χ0n) is 12.9. The number of aliphatic imine (C=N–C) groups is 1. The van der Waals surface area contributed by atoms with E-state index in [1.807, 2.05) is 31.9 Å². The van der Waals surface area contributed by atoms with Gasteiger partial charge < -0.3 is 4.90 Å². The van der Waals surface area contributed by atoms with Crippen LogP contribution in [0.2, 0.25) is 0 Å². The van der Waals surface area contributed by atoms with Gasteiger partial charge in [-0.1, -0.05) is 18.2 Å². The Hall–Kier alpha value is -2.01. The second-order valence-corrected chi connectivity index (χ2v) is 6.42. The first-order chi connectivity index (χ1) is 10.5. The third-order valence-electron chi connectivity index (χ3n) is 3.30. The van der Waals surface area contributed by atoms with E-state index in [0.29, 0.717) is 10.6 Å². The Morgan fingerprint density at radius 3 is 2.59 bits per heavy atom. The number of hydrogen-bond acceptors (Lipinski definition) is 2. The average Bonchev–Trinajstić information content (AvgIpc) is 2.55. The van der Waals surface area contributed by atoms with Gasteiger partial charge in [-0.25, -0.2) is 13.6 Å². The van der Waals surface area contributed by atoms with E-state index in [4.69, 9.17) is 0 Å². The number of nitrogens with zero attached hydrogens (tertiary/aromatic N) is 2. The maximum atomic E-state index is 14.3. The van der Waals surface area contributed by atoms with E-state index >= 15 is 0 Å². The SMILES string of the molecule is CCN(C)C=Nc1cc(F)c(S(=O)c2ccccc2)cc1C. The van der Waals surface area contributed by atoms with E-state index in [1.54, 1.807) is 36.7 Å². The van der Waals surface area contributed by atoms with Gasteiger partial charge in [-0.3, -0.25) is 0 Å². The van der Waals surface area contributed by atoms with Crippen molar-refractivity contribution < 1.29 is 8.60 Å². The Bertz CT molecular complexity index is 701. The second kappa shape index (κ2) is 7.31. The highest BCUT2D eigenvalue weighted by atomic mass is 32.2. The number of halogens is 1. The molecule has 22 heavy (non-hydrogen) atoms. The highest BCUT2D eigenvalue weighted by Gasteiger charge is 2.14. The van der Waals surface area contributed by atoms with Crippen molar-refractivity contribution in [3.05, 3.63) is 53.8 Å². The molecule has 0 saturated heterocycles. The molecule has 0 amide bonds. The van der Waals surface area contributed by atoms with Crippen molar-refractivity contribution in [1.82, 2.24) is 4.90 Å². The second-order valence-electron chi connectivity index (χ2n) is 4.97. The quantitative estimate of drug-likeness (QED) is 0.618. The maximum Gasteiger partial charge on any atom is 0.141 e. The molecule has 5 heteroatoms. The van der Waals surface area contributed by atoms with Crippen LogP contribution >= 0.6 is 0 Å². The Balaban J connectivity index is 2.34. The van der Waals surface area contributed by atoms with Gasteiger partial charge in [-0.2, -0.15) is 0 Å². The summed E-state index contributed by atoms with van der Waals surface area (Å²) in [7, 11) is 0.368. The van der Waals surface area contributed by atoms with E-state index < -0.39 is 16.6 Å². The molecule has 0 saturated carbocycles. The van der Waals surface area contributed by atoms with E-state index in [9.17, 15) is 8.60 Å². The van der Waals surface area contributed by atoms with E-state index in [0.717, 1.165) is 12.1 Å². The molecule has 0 fully saturated rings. The molecular formula is C17H19FN2OS. The van der Waals surface area contributed by atoms with Crippen LogP contribution in [0.3, 0.4) is 0 Å². The molecule has 0 radical (unpaired) electrons. The third kappa shape index (κ3) is 3.80. The molecule has 2 rings (SSSR count). The molecule has 1 atom stereocenters. The van der Waals surface area contributed by atoms with Crippen molar-refractivity contribution in [2.45, 2.75) is 23.6 Å². The minimum atomic E-state index is -1.53. The average molecular weight is 318 g/mol. The smallest absolute Gasteiger partial charge is 0.141 e. The lowest BCUT2D eigenvalue weighted by atomic mass is 10.2. The highest BCUT2D eigenvalue weighted by molar-refractivity contribution is 7.85. The van der Waals surface area contributed by atoms with E-state index in [1.165, 1.54) is 6.07 Å². The number of benzene rings is 2. The highest BCUT2D eigenvalue weighted by Crippen LogP contribution is 2.27. The van der Waals surface area contributed by atoms with Crippen LogP contribution in [0.1, 0.15) is 12.5 Å². The standard InChI is InChI=1S/C17H19FN2OS/c1-4-20(3)12-19-16-11-15(18)17(10-13(16)2)22(21)14-8-6-5-7-9-14/h5-12H,4H2,1-3H3. The van der Waals surface area contributed by atoms with Gasteiger partial charge in [0.1, 0.15) is 5.82 Å². The number of rotatable bonds is 5. The summed E-state index contributed by atoms with van der Waals surface area (Å²) in [4.78, 5) is 6.94. The molecule has 0 aliphatic heterocycles. The first-order valence-corrected chi connectivity index (χ1v) is 8.19. The molecule has 3 nitrogen and oxygen atoms in total. The van der Waals surface area contributed by atoms with Crippen molar-refractivity contribution >= 4 is 22.8 Å².